The lowest BCUT2D eigenvalue weighted by Gasteiger charge is -2.14. The van der Waals surface area contributed by atoms with Crippen LogP contribution >= 0.6 is 0 Å². The van der Waals surface area contributed by atoms with E-state index in [0.29, 0.717) is 18.9 Å². The number of amides is 1. The van der Waals surface area contributed by atoms with Crippen molar-refractivity contribution in [3.05, 3.63) is 0 Å². The van der Waals surface area contributed by atoms with Crippen molar-refractivity contribution in [1.82, 2.24) is 4.90 Å². The standard InChI is InChI=1S/C8H16N2O/c1-2-3-10-6-7(5-9)4-8(10)11/h7H,2-6,9H2,1H3/t7-/m0/s1. The summed E-state index contributed by atoms with van der Waals surface area (Å²) in [6.45, 7) is 4.51. The van der Waals surface area contributed by atoms with Gasteiger partial charge in [0, 0.05) is 19.5 Å². The molecule has 2 N–H and O–H groups in total. The van der Waals surface area contributed by atoms with Crippen LogP contribution in [0.15, 0.2) is 0 Å². The van der Waals surface area contributed by atoms with Gasteiger partial charge in [0.2, 0.25) is 5.91 Å². The van der Waals surface area contributed by atoms with E-state index in [4.69, 9.17) is 5.73 Å². The number of likely N-dealkylation sites (tertiary alicyclic amines) is 1. The molecule has 0 bridgehead atoms. The lowest BCUT2D eigenvalue weighted by molar-refractivity contribution is -0.127. The van der Waals surface area contributed by atoms with E-state index in [1.54, 1.807) is 0 Å². The van der Waals surface area contributed by atoms with E-state index in [9.17, 15) is 4.79 Å². The Bertz CT molecular complexity index is 147. The molecule has 1 fully saturated rings. The number of hydrogen-bond acceptors (Lipinski definition) is 2. The quantitative estimate of drug-likeness (QED) is 0.634. The molecule has 1 aliphatic heterocycles. The zero-order chi connectivity index (χ0) is 8.27. The predicted octanol–water partition coefficient (Wildman–Crippen LogP) is 0.204. The van der Waals surface area contributed by atoms with Crippen LogP contribution in [0.5, 0.6) is 0 Å². The van der Waals surface area contributed by atoms with Gasteiger partial charge in [0.15, 0.2) is 0 Å². The van der Waals surface area contributed by atoms with Gasteiger partial charge in [-0.05, 0) is 18.9 Å². The highest BCUT2D eigenvalue weighted by Gasteiger charge is 2.27. The second-order valence-corrected chi connectivity index (χ2v) is 3.15. The van der Waals surface area contributed by atoms with Crippen molar-refractivity contribution in [3.63, 3.8) is 0 Å². The molecule has 0 aromatic rings. The van der Waals surface area contributed by atoms with Gasteiger partial charge >= 0.3 is 0 Å². The van der Waals surface area contributed by atoms with Crippen LogP contribution < -0.4 is 5.73 Å². The largest absolute Gasteiger partial charge is 0.342 e. The van der Waals surface area contributed by atoms with E-state index in [2.05, 4.69) is 6.92 Å². The fourth-order valence-electron chi connectivity index (χ4n) is 1.50. The second-order valence-electron chi connectivity index (χ2n) is 3.15. The molecule has 0 aromatic carbocycles. The molecule has 0 aromatic heterocycles. The van der Waals surface area contributed by atoms with Crippen molar-refractivity contribution in [2.24, 2.45) is 11.7 Å². The maximum atomic E-state index is 11.2. The number of carbonyl (C=O) groups is 1. The molecule has 0 aliphatic carbocycles. The average molecular weight is 156 g/mol. The summed E-state index contributed by atoms with van der Waals surface area (Å²) in [7, 11) is 0. The maximum Gasteiger partial charge on any atom is 0.222 e. The summed E-state index contributed by atoms with van der Waals surface area (Å²) < 4.78 is 0. The van der Waals surface area contributed by atoms with Gasteiger partial charge in [-0.2, -0.15) is 0 Å². The Morgan fingerprint density at radius 1 is 1.73 bits per heavy atom. The van der Waals surface area contributed by atoms with Gasteiger partial charge in [0.1, 0.15) is 0 Å². The highest BCUT2D eigenvalue weighted by Crippen LogP contribution is 2.16. The van der Waals surface area contributed by atoms with Crippen LogP contribution in [0.25, 0.3) is 0 Å². The SMILES string of the molecule is CCCN1C[C@H](CN)CC1=O. The normalized spacial score (nSPS) is 24.7. The molecule has 1 atom stereocenters. The minimum absolute atomic E-state index is 0.280. The van der Waals surface area contributed by atoms with Crippen molar-refractivity contribution >= 4 is 5.91 Å². The molecule has 64 valence electrons. The third-order valence-corrected chi connectivity index (χ3v) is 2.12. The molecule has 0 saturated carbocycles. The van der Waals surface area contributed by atoms with Crippen molar-refractivity contribution in [2.75, 3.05) is 19.6 Å². The summed E-state index contributed by atoms with van der Waals surface area (Å²) in [5.41, 5.74) is 5.48. The van der Waals surface area contributed by atoms with Crippen LogP contribution in [0.1, 0.15) is 19.8 Å². The molecular weight excluding hydrogens is 140 g/mol. The maximum absolute atomic E-state index is 11.2. The smallest absolute Gasteiger partial charge is 0.222 e. The first-order valence-electron chi connectivity index (χ1n) is 4.25. The third-order valence-electron chi connectivity index (χ3n) is 2.12. The third kappa shape index (κ3) is 1.93. The summed E-state index contributed by atoms with van der Waals surface area (Å²) in [5, 5.41) is 0. The Hall–Kier alpha value is -0.570. The van der Waals surface area contributed by atoms with E-state index in [0.717, 1.165) is 19.5 Å². The molecule has 1 rings (SSSR count). The summed E-state index contributed by atoms with van der Waals surface area (Å²) >= 11 is 0. The van der Waals surface area contributed by atoms with E-state index < -0.39 is 0 Å². The van der Waals surface area contributed by atoms with Crippen molar-refractivity contribution in [3.8, 4) is 0 Å². The average Bonchev–Trinajstić information content (AvgIpc) is 2.33. The van der Waals surface area contributed by atoms with E-state index in [1.807, 2.05) is 4.90 Å². The molecule has 0 spiro atoms. The Labute approximate surface area is 67.5 Å². The minimum Gasteiger partial charge on any atom is -0.342 e. The monoisotopic (exact) mass is 156 g/mol. The minimum atomic E-state index is 0.280. The van der Waals surface area contributed by atoms with Crippen LogP contribution in [0.3, 0.4) is 0 Å². The van der Waals surface area contributed by atoms with Crippen molar-refractivity contribution in [1.29, 1.82) is 0 Å². The van der Waals surface area contributed by atoms with E-state index >= 15 is 0 Å². The fraction of sp³-hybridized carbons (Fsp3) is 0.875. The van der Waals surface area contributed by atoms with Crippen molar-refractivity contribution < 1.29 is 4.79 Å². The van der Waals surface area contributed by atoms with E-state index in [-0.39, 0.29) is 5.91 Å². The van der Waals surface area contributed by atoms with Crippen LogP contribution in [0.2, 0.25) is 0 Å². The topological polar surface area (TPSA) is 46.3 Å². The van der Waals surface area contributed by atoms with Crippen molar-refractivity contribution in [2.45, 2.75) is 19.8 Å². The molecule has 1 saturated heterocycles. The molecule has 1 amide bonds. The molecule has 3 nitrogen and oxygen atoms in total. The zero-order valence-corrected chi connectivity index (χ0v) is 7.05. The molecule has 11 heavy (non-hydrogen) atoms. The first-order chi connectivity index (χ1) is 5.27. The molecule has 0 unspecified atom stereocenters. The first kappa shape index (κ1) is 8.53. The van der Waals surface area contributed by atoms with Crippen LogP contribution in [-0.4, -0.2) is 30.4 Å². The Kier molecular flexibility index (Phi) is 2.88. The molecule has 3 heteroatoms. The lowest BCUT2D eigenvalue weighted by atomic mass is 10.1. The van der Waals surface area contributed by atoms with Gasteiger partial charge in [-0.1, -0.05) is 6.92 Å². The Morgan fingerprint density at radius 2 is 2.45 bits per heavy atom. The number of hydrogen-bond donors (Lipinski definition) is 1. The lowest BCUT2D eigenvalue weighted by Crippen LogP contribution is -2.26. The molecular formula is C8H16N2O. The van der Waals surface area contributed by atoms with Crippen LogP contribution in [0, 0.1) is 5.92 Å². The molecule has 1 aliphatic rings. The summed E-state index contributed by atoms with van der Waals surface area (Å²) in [6.07, 6.45) is 1.71. The number of carbonyl (C=O) groups excluding carboxylic acids is 1. The van der Waals surface area contributed by atoms with E-state index in [1.165, 1.54) is 0 Å². The van der Waals surface area contributed by atoms with Crippen LogP contribution in [-0.2, 0) is 4.79 Å². The summed E-state index contributed by atoms with van der Waals surface area (Å²) in [5.74, 6) is 0.691. The number of nitrogens with zero attached hydrogens (tertiary/aromatic N) is 1. The number of nitrogens with two attached hydrogens (primary N) is 1. The molecule has 0 radical (unpaired) electrons. The fourth-order valence-corrected chi connectivity index (χ4v) is 1.50. The molecule has 1 heterocycles. The zero-order valence-electron chi connectivity index (χ0n) is 7.05. The highest BCUT2D eigenvalue weighted by atomic mass is 16.2. The Balaban J connectivity index is 2.38. The van der Waals surface area contributed by atoms with Gasteiger partial charge in [-0.25, -0.2) is 0 Å². The van der Waals surface area contributed by atoms with Crippen LogP contribution in [0.4, 0.5) is 0 Å². The first-order valence-corrected chi connectivity index (χ1v) is 4.25. The summed E-state index contributed by atoms with van der Waals surface area (Å²) in [6, 6.07) is 0. The predicted molar refractivity (Wildman–Crippen MR) is 44.0 cm³/mol. The van der Waals surface area contributed by atoms with Gasteiger partial charge in [-0.3, -0.25) is 4.79 Å². The van der Waals surface area contributed by atoms with Gasteiger partial charge in [-0.15, -0.1) is 0 Å². The number of rotatable bonds is 3. The Morgan fingerprint density at radius 3 is 2.91 bits per heavy atom. The summed E-state index contributed by atoms with van der Waals surface area (Å²) in [4.78, 5) is 13.1. The van der Waals surface area contributed by atoms with Gasteiger partial charge in [0.25, 0.3) is 0 Å². The van der Waals surface area contributed by atoms with Gasteiger partial charge in [0.05, 0.1) is 0 Å². The van der Waals surface area contributed by atoms with Gasteiger partial charge < -0.3 is 10.6 Å². The highest BCUT2D eigenvalue weighted by molar-refractivity contribution is 5.78. The second kappa shape index (κ2) is 3.72.